The van der Waals surface area contributed by atoms with Gasteiger partial charge in [-0.25, -0.2) is 9.78 Å². The van der Waals surface area contributed by atoms with E-state index in [-0.39, 0.29) is 18.9 Å². The lowest BCUT2D eigenvalue weighted by atomic mass is 10.1. The van der Waals surface area contributed by atoms with Crippen LogP contribution in [0, 0.1) is 0 Å². The van der Waals surface area contributed by atoms with Crippen LogP contribution in [0.4, 0.5) is 0 Å². The minimum Gasteiger partial charge on any atom is -0.352 e. The fourth-order valence-corrected chi connectivity index (χ4v) is 4.06. The number of rotatable bonds is 7. The molecule has 0 radical (unpaired) electrons. The number of nitrogens with zero attached hydrogens (tertiary/aromatic N) is 3. The number of hydrogen-bond donors (Lipinski definition) is 2. The molecular weight excluding hydrogens is 430 g/mol. The molecule has 0 aliphatic heterocycles. The number of hydrogen-bond acceptors (Lipinski definition) is 4. The van der Waals surface area contributed by atoms with Crippen LogP contribution in [0.2, 0.25) is 0 Å². The van der Waals surface area contributed by atoms with Crippen LogP contribution in [0.15, 0.2) is 88.7 Å². The quantitative estimate of drug-likeness (QED) is 0.396. The predicted octanol–water partition coefficient (Wildman–Crippen LogP) is 2.79. The summed E-state index contributed by atoms with van der Waals surface area (Å²) in [7, 11) is 0. The molecule has 1 amide bonds. The average Bonchev–Trinajstić information content (AvgIpc) is 3.26. The van der Waals surface area contributed by atoms with Crippen molar-refractivity contribution in [2.24, 2.45) is 0 Å². The van der Waals surface area contributed by atoms with Gasteiger partial charge in [0.25, 0.3) is 5.56 Å². The summed E-state index contributed by atoms with van der Waals surface area (Å²) in [6.45, 7) is 1.29. The van der Waals surface area contributed by atoms with Crippen molar-refractivity contribution in [3.63, 3.8) is 0 Å². The van der Waals surface area contributed by atoms with Gasteiger partial charge in [-0.3, -0.25) is 19.1 Å². The summed E-state index contributed by atoms with van der Waals surface area (Å²) >= 11 is 0. The number of aromatic amines is 1. The molecule has 0 fully saturated rings. The second-order valence-corrected chi connectivity index (χ2v) is 8.13. The Morgan fingerprint density at radius 3 is 2.41 bits per heavy atom. The van der Waals surface area contributed by atoms with Gasteiger partial charge in [-0.2, -0.15) is 0 Å². The molecule has 3 aromatic carbocycles. The van der Waals surface area contributed by atoms with E-state index in [1.807, 2.05) is 48.8 Å². The van der Waals surface area contributed by atoms with Crippen LogP contribution in [-0.2, 0) is 24.4 Å². The molecule has 0 bridgehead atoms. The molecule has 0 spiro atoms. The molecule has 0 unspecified atom stereocenters. The van der Waals surface area contributed by atoms with E-state index in [0.29, 0.717) is 17.4 Å². The Balaban J connectivity index is 1.18. The van der Waals surface area contributed by atoms with Crippen LogP contribution in [0.5, 0.6) is 0 Å². The third-order valence-electron chi connectivity index (χ3n) is 5.86. The lowest BCUT2D eigenvalue weighted by molar-refractivity contribution is -0.121. The zero-order valence-corrected chi connectivity index (χ0v) is 18.4. The summed E-state index contributed by atoms with van der Waals surface area (Å²) < 4.78 is 3.53. The molecule has 5 rings (SSSR count). The molecule has 2 aromatic heterocycles. The summed E-state index contributed by atoms with van der Waals surface area (Å²) in [5.74, 6) is -0.170. The molecule has 0 atom stereocenters. The van der Waals surface area contributed by atoms with E-state index >= 15 is 0 Å². The maximum absolute atomic E-state index is 12.4. The number of para-hydroxylation sites is 3. The van der Waals surface area contributed by atoms with Crippen LogP contribution in [0.3, 0.4) is 0 Å². The SMILES string of the molecule is O=C(CCn1c(=O)[nH]c(=O)c2ccccc21)NCc1ccc(Cn2cnc3ccccc32)cc1. The zero-order chi connectivity index (χ0) is 23.5. The molecule has 5 aromatic rings. The first-order chi connectivity index (χ1) is 16.6. The van der Waals surface area contributed by atoms with Crippen molar-refractivity contribution in [3.05, 3.63) is 111 Å². The minimum atomic E-state index is -0.516. The summed E-state index contributed by atoms with van der Waals surface area (Å²) in [5, 5.41) is 3.32. The number of amides is 1. The largest absolute Gasteiger partial charge is 0.352 e. The van der Waals surface area contributed by atoms with Gasteiger partial charge in [0, 0.05) is 26.1 Å². The number of aromatic nitrogens is 4. The van der Waals surface area contributed by atoms with E-state index in [2.05, 4.69) is 25.9 Å². The maximum atomic E-state index is 12.4. The Hall–Kier alpha value is -4.46. The third-order valence-corrected chi connectivity index (χ3v) is 5.86. The molecule has 8 heteroatoms. The highest BCUT2D eigenvalue weighted by molar-refractivity contribution is 5.79. The van der Waals surface area contributed by atoms with Gasteiger partial charge in [-0.1, -0.05) is 48.5 Å². The van der Waals surface area contributed by atoms with E-state index in [9.17, 15) is 14.4 Å². The van der Waals surface area contributed by atoms with Gasteiger partial charge in [-0.15, -0.1) is 0 Å². The monoisotopic (exact) mass is 453 g/mol. The van der Waals surface area contributed by atoms with Crippen molar-refractivity contribution in [2.75, 3.05) is 0 Å². The summed E-state index contributed by atoms with van der Waals surface area (Å²) in [5.41, 5.74) is 3.77. The van der Waals surface area contributed by atoms with Gasteiger partial charge in [-0.05, 0) is 35.4 Å². The van der Waals surface area contributed by atoms with Gasteiger partial charge in [0.1, 0.15) is 0 Å². The molecule has 8 nitrogen and oxygen atoms in total. The Bertz CT molecular complexity index is 1600. The van der Waals surface area contributed by atoms with Crippen molar-refractivity contribution < 1.29 is 4.79 Å². The van der Waals surface area contributed by atoms with E-state index < -0.39 is 11.2 Å². The van der Waals surface area contributed by atoms with Crippen molar-refractivity contribution in [3.8, 4) is 0 Å². The number of nitrogens with one attached hydrogen (secondary N) is 2. The van der Waals surface area contributed by atoms with Gasteiger partial charge < -0.3 is 9.88 Å². The summed E-state index contributed by atoms with van der Waals surface area (Å²) in [6.07, 6.45) is 1.97. The van der Waals surface area contributed by atoms with Crippen LogP contribution >= 0.6 is 0 Å². The molecule has 0 aliphatic carbocycles. The molecule has 2 heterocycles. The number of aryl methyl sites for hydroxylation is 1. The number of carbonyl (C=O) groups is 1. The highest BCUT2D eigenvalue weighted by atomic mass is 16.2. The first-order valence-corrected chi connectivity index (χ1v) is 11.0. The van der Waals surface area contributed by atoms with Crippen LogP contribution < -0.4 is 16.6 Å². The van der Waals surface area contributed by atoms with Gasteiger partial charge in [0.15, 0.2) is 0 Å². The van der Waals surface area contributed by atoms with Gasteiger partial charge >= 0.3 is 5.69 Å². The number of fused-ring (bicyclic) bond motifs is 2. The number of H-pyrrole nitrogens is 1. The molecular formula is C26H23N5O3. The first-order valence-electron chi connectivity index (χ1n) is 11.0. The van der Waals surface area contributed by atoms with Crippen molar-refractivity contribution in [1.29, 1.82) is 0 Å². The van der Waals surface area contributed by atoms with Crippen LogP contribution in [-0.4, -0.2) is 25.0 Å². The fraction of sp³-hybridized carbons (Fsp3) is 0.154. The second kappa shape index (κ2) is 9.19. The summed E-state index contributed by atoms with van der Waals surface area (Å²) in [4.78, 5) is 43.3. The van der Waals surface area contributed by atoms with E-state index in [1.54, 1.807) is 24.3 Å². The molecule has 34 heavy (non-hydrogen) atoms. The molecule has 0 aliphatic rings. The number of imidazole rings is 1. The molecule has 2 N–H and O–H groups in total. The lowest BCUT2D eigenvalue weighted by Crippen LogP contribution is -2.32. The van der Waals surface area contributed by atoms with Crippen molar-refractivity contribution in [2.45, 2.75) is 26.1 Å². The van der Waals surface area contributed by atoms with Crippen LogP contribution in [0.25, 0.3) is 21.9 Å². The zero-order valence-electron chi connectivity index (χ0n) is 18.4. The fourth-order valence-electron chi connectivity index (χ4n) is 4.06. The number of carbonyl (C=O) groups excluding carboxylic acids is 1. The average molecular weight is 454 g/mol. The highest BCUT2D eigenvalue weighted by Gasteiger charge is 2.09. The highest BCUT2D eigenvalue weighted by Crippen LogP contribution is 2.14. The third kappa shape index (κ3) is 4.38. The minimum absolute atomic E-state index is 0.127. The Morgan fingerprint density at radius 2 is 1.59 bits per heavy atom. The van der Waals surface area contributed by atoms with Gasteiger partial charge in [0.05, 0.1) is 28.3 Å². The Labute approximate surface area is 194 Å². The van der Waals surface area contributed by atoms with Gasteiger partial charge in [0.2, 0.25) is 5.91 Å². The first kappa shape index (κ1) is 21.4. The van der Waals surface area contributed by atoms with Crippen molar-refractivity contribution >= 4 is 27.8 Å². The van der Waals surface area contributed by atoms with E-state index in [1.165, 1.54) is 4.57 Å². The predicted molar refractivity (Wildman–Crippen MR) is 131 cm³/mol. The standard InChI is InChI=1S/C26H23N5O3/c32-24(13-14-31-22-7-3-1-5-20(22)25(33)29-26(31)34)27-15-18-9-11-19(12-10-18)16-30-17-28-21-6-2-4-8-23(21)30/h1-12,17H,13-16H2,(H,27,32)(H,29,33,34). The second-order valence-electron chi connectivity index (χ2n) is 8.13. The summed E-state index contributed by atoms with van der Waals surface area (Å²) in [6, 6.07) is 23.0. The van der Waals surface area contributed by atoms with Crippen LogP contribution in [0.1, 0.15) is 17.5 Å². The molecule has 170 valence electrons. The smallest absolute Gasteiger partial charge is 0.328 e. The Kier molecular flexibility index (Phi) is 5.78. The topological polar surface area (TPSA) is 102 Å². The van der Waals surface area contributed by atoms with E-state index in [4.69, 9.17) is 0 Å². The van der Waals surface area contributed by atoms with E-state index in [0.717, 1.165) is 28.7 Å². The molecule has 0 saturated carbocycles. The maximum Gasteiger partial charge on any atom is 0.328 e. The molecule has 0 saturated heterocycles. The normalized spacial score (nSPS) is 11.2. The number of benzene rings is 3. The Morgan fingerprint density at radius 1 is 0.882 bits per heavy atom. The lowest BCUT2D eigenvalue weighted by Gasteiger charge is -2.10. The van der Waals surface area contributed by atoms with Crippen molar-refractivity contribution in [1.82, 2.24) is 24.4 Å².